The summed E-state index contributed by atoms with van der Waals surface area (Å²) < 4.78 is 4.80. The fourth-order valence-corrected chi connectivity index (χ4v) is 1.26. The normalized spacial score (nSPS) is 10.8. The molecule has 1 aromatic carbocycles. The number of nitrogens with zero attached hydrogens (tertiary/aromatic N) is 2. The van der Waals surface area contributed by atoms with Crippen molar-refractivity contribution in [1.82, 2.24) is 0 Å². The van der Waals surface area contributed by atoms with Crippen LogP contribution in [0.2, 0.25) is 0 Å². The fourth-order valence-electron chi connectivity index (χ4n) is 1.26. The second-order valence-corrected chi connectivity index (χ2v) is 4.52. The Hall–Kier alpha value is -3.04. The minimum atomic E-state index is -1.66. The van der Waals surface area contributed by atoms with E-state index >= 15 is 0 Å². The van der Waals surface area contributed by atoms with Crippen molar-refractivity contribution in [3.05, 3.63) is 44.0 Å². The smallest absolute Gasteiger partial charge is 0.339 e. The number of carbonyl (C=O) groups is 2. The molecule has 0 saturated heterocycles. The molecule has 0 heterocycles. The van der Waals surface area contributed by atoms with Gasteiger partial charge >= 0.3 is 5.97 Å². The average molecular weight is 297 g/mol. The van der Waals surface area contributed by atoms with Gasteiger partial charge in [-0.2, -0.15) is 0 Å². The molecule has 0 bridgehead atoms. The Labute approximate surface area is 117 Å². The lowest BCUT2D eigenvalue weighted by Gasteiger charge is -2.20. The van der Waals surface area contributed by atoms with Crippen LogP contribution >= 0.6 is 0 Å². The highest BCUT2D eigenvalue weighted by Crippen LogP contribution is 2.24. The summed E-state index contributed by atoms with van der Waals surface area (Å²) in [6, 6.07) is 2.33. The van der Waals surface area contributed by atoms with Crippen molar-refractivity contribution >= 4 is 23.3 Å². The molecule has 0 unspecified atom stereocenters. The van der Waals surface area contributed by atoms with Gasteiger partial charge in [0.15, 0.2) is 5.60 Å². The number of carbonyl (C=O) groups excluding carboxylic acids is 2. The minimum absolute atomic E-state index is 0.426. The first-order valence-electron chi connectivity index (χ1n) is 5.51. The summed E-state index contributed by atoms with van der Waals surface area (Å²) in [6.45, 7) is 2.44. The number of nitro groups is 2. The monoisotopic (exact) mass is 297 g/mol. The fraction of sp³-hybridized carbons (Fsp3) is 0.273. The van der Waals surface area contributed by atoms with Crippen LogP contribution < -0.4 is 5.73 Å². The van der Waals surface area contributed by atoms with Crippen LogP contribution in [0.15, 0.2) is 18.2 Å². The quantitative estimate of drug-likeness (QED) is 0.481. The summed E-state index contributed by atoms with van der Waals surface area (Å²) in [6.07, 6.45) is 0. The molecule has 1 rings (SSSR count). The Kier molecular flexibility index (Phi) is 4.21. The van der Waals surface area contributed by atoms with Crippen molar-refractivity contribution in [2.75, 3.05) is 0 Å². The van der Waals surface area contributed by atoms with Crippen LogP contribution in [-0.2, 0) is 9.53 Å². The molecule has 112 valence electrons. The number of primary amides is 1. The third kappa shape index (κ3) is 3.72. The first kappa shape index (κ1) is 16.0. The van der Waals surface area contributed by atoms with Crippen LogP contribution in [0.5, 0.6) is 0 Å². The Morgan fingerprint density at radius 3 is 1.86 bits per heavy atom. The number of esters is 1. The summed E-state index contributed by atoms with van der Waals surface area (Å²) in [4.78, 5) is 42.5. The molecule has 0 saturated carbocycles. The first-order valence-corrected chi connectivity index (χ1v) is 5.51. The summed E-state index contributed by atoms with van der Waals surface area (Å²) in [5.41, 5.74) is 1.65. The highest BCUT2D eigenvalue weighted by Gasteiger charge is 2.31. The molecule has 0 aliphatic carbocycles. The molecule has 10 heteroatoms. The molecule has 21 heavy (non-hydrogen) atoms. The predicted molar refractivity (Wildman–Crippen MR) is 68.4 cm³/mol. The van der Waals surface area contributed by atoms with Gasteiger partial charge in [-0.25, -0.2) is 4.79 Å². The van der Waals surface area contributed by atoms with Crippen LogP contribution in [0.4, 0.5) is 11.4 Å². The molecule has 1 aromatic rings. The Morgan fingerprint density at radius 1 is 1.10 bits per heavy atom. The summed E-state index contributed by atoms with van der Waals surface area (Å²) in [7, 11) is 0. The van der Waals surface area contributed by atoms with Gasteiger partial charge in [-0.1, -0.05) is 0 Å². The predicted octanol–water partition coefficient (Wildman–Crippen LogP) is 0.924. The molecular formula is C11H11N3O7. The number of non-ortho nitro benzene ring substituents is 2. The summed E-state index contributed by atoms with van der Waals surface area (Å²) in [5.74, 6) is -2.07. The van der Waals surface area contributed by atoms with Gasteiger partial charge in [0.2, 0.25) is 0 Å². The topological polar surface area (TPSA) is 156 Å². The molecule has 0 radical (unpaired) electrons. The molecular weight excluding hydrogens is 286 g/mol. The largest absolute Gasteiger partial charge is 0.446 e. The highest BCUT2D eigenvalue weighted by molar-refractivity contribution is 5.94. The number of rotatable bonds is 5. The maximum absolute atomic E-state index is 11.8. The van der Waals surface area contributed by atoms with E-state index in [-0.39, 0.29) is 0 Å². The first-order chi connectivity index (χ1) is 9.54. The van der Waals surface area contributed by atoms with Crippen molar-refractivity contribution in [1.29, 1.82) is 0 Å². The molecule has 0 atom stereocenters. The van der Waals surface area contributed by atoms with E-state index in [4.69, 9.17) is 10.5 Å². The molecule has 0 aliphatic heterocycles. The Morgan fingerprint density at radius 2 is 1.52 bits per heavy atom. The zero-order chi connectivity index (χ0) is 16.4. The maximum atomic E-state index is 11.8. The summed E-state index contributed by atoms with van der Waals surface area (Å²) >= 11 is 0. The van der Waals surface area contributed by atoms with Crippen LogP contribution in [-0.4, -0.2) is 27.3 Å². The molecule has 0 spiro atoms. The van der Waals surface area contributed by atoms with Gasteiger partial charge in [0.05, 0.1) is 21.5 Å². The Bertz CT molecular complexity index is 606. The minimum Gasteiger partial charge on any atom is -0.446 e. The number of hydrogen-bond donors (Lipinski definition) is 1. The molecule has 0 fully saturated rings. The molecule has 0 aliphatic rings. The van der Waals surface area contributed by atoms with Crippen LogP contribution in [0.1, 0.15) is 24.2 Å². The number of benzene rings is 1. The van der Waals surface area contributed by atoms with Gasteiger partial charge in [0, 0.05) is 12.1 Å². The van der Waals surface area contributed by atoms with Gasteiger partial charge in [-0.3, -0.25) is 25.0 Å². The lowest BCUT2D eigenvalue weighted by Crippen LogP contribution is -2.42. The second kappa shape index (κ2) is 5.53. The van der Waals surface area contributed by atoms with E-state index < -0.39 is 44.3 Å². The van der Waals surface area contributed by atoms with Crippen molar-refractivity contribution < 1.29 is 24.2 Å². The zero-order valence-electron chi connectivity index (χ0n) is 11.1. The van der Waals surface area contributed by atoms with E-state index in [9.17, 15) is 29.8 Å². The summed E-state index contributed by atoms with van der Waals surface area (Å²) in [5, 5.41) is 21.4. The molecule has 2 N–H and O–H groups in total. The van der Waals surface area contributed by atoms with E-state index in [1.165, 1.54) is 13.8 Å². The van der Waals surface area contributed by atoms with E-state index in [0.29, 0.717) is 6.07 Å². The van der Waals surface area contributed by atoms with E-state index in [2.05, 4.69) is 0 Å². The van der Waals surface area contributed by atoms with Gasteiger partial charge in [-0.05, 0) is 13.8 Å². The van der Waals surface area contributed by atoms with Crippen LogP contribution in [0.3, 0.4) is 0 Å². The van der Waals surface area contributed by atoms with Crippen molar-refractivity contribution in [3.8, 4) is 0 Å². The third-order valence-corrected chi connectivity index (χ3v) is 2.50. The van der Waals surface area contributed by atoms with Crippen LogP contribution in [0.25, 0.3) is 0 Å². The van der Waals surface area contributed by atoms with E-state index in [1.54, 1.807) is 0 Å². The third-order valence-electron chi connectivity index (χ3n) is 2.50. The van der Waals surface area contributed by atoms with Crippen molar-refractivity contribution in [3.63, 3.8) is 0 Å². The van der Waals surface area contributed by atoms with E-state index in [0.717, 1.165) is 12.1 Å². The second-order valence-electron chi connectivity index (χ2n) is 4.52. The van der Waals surface area contributed by atoms with E-state index in [1.807, 2.05) is 0 Å². The number of amides is 1. The standard InChI is InChI=1S/C11H11N3O7/c1-11(2,10(12)16)21-9(15)6-3-7(13(17)18)5-8(4-6)14(19)20/h3-5H,1-2H3,(H2,12,16). The lowest BCUT2D eigenvalue weighted by molar-refractivity contribution is -0.394. The number of ether oxygens (including phenoxy) is 1. The van der Waals surface area contributed by atoms with Crippen molar-refractivity contribution in [2.45, 2.75) is 19.4 Å². The Balaban J connectivity index is 3.23. The number of nitro benzene ring substituents is 2. The van der Waals surface area contributed by atoms with Gasteiger partial charge in [0.1, 0.15) is 0 Å². The highest BCUT2D eigenvalue weighted by atomic mass is 16.6. The number of hydrogen-bond acceptors (Lipinski definition) is 7. The van der Waals surface area contributed by atoms with Gasteiger partial charge < -0.3 is 10.5 Å². The lowest BCUT2D eigenvalue weighted by atomic mass is 10.1. The average Bonchev–Trinajstić information content (AvgIpc) is 2.37. The SMILES string of the molecule is CC(C)(OC(=O)c1cc([N+](=O)[O-])cc([N+](=O)[O-])c1)C(N)=O. The van der Waals surface area contributed by atoms with Crippen molar-refractivity contribution in [2.24, 2.45) is 5.73 Å². The maximum Gasteiger partial charge on any atom is 0.339 e. The molecule has 1 amide bonds. The van der Waals surface area contributed by atoms with Gasteiger partial charge in [-0.15, -0.1) is 0 Å². The van der Waals surface area contributed by atoms with Crippen LogP contribution in [0, 0.1) is 20.2 Å². The van der Waals surface area contributed by atoms with Gasteiger partial charge in [0.25, 0.3) is 17.3 Å². The molecule has 10 nitrogen and oxygen atoms in total. The number of nitrogens with two attached hydrogens (primary N) is 1. The zero-order valence-corrected chi connectivity index (χ0v) is 11.1. The molecule has 0 aromatic heterocycles.